The Morgan fingerprint density at radius 1 is 1.50 bits per heavy atom. The first kappa shape index (κ1) is 7.64. The van der Waals surface area contributed by atoms with Gasteiger partial charge in [0.1, 0.15) is 3.57 Å². The van der Waals surface area contributed by atoms with Gasteiger partial charge in [0.25, 0.3) is 0 Å². The summed E-state index contributed by atoms with van der Waals surface area (Å²) >= 11 is 1.44. The molecule has 1 N–H and O–H groups in total. The number of nitrogens with one attached hydrogen (secondary N) is 1. The Labute approximate surface area is 68.4 Å². The molecule has 0 atom stereocenters. The third-order valence-electron chi connectivity index (χ3n) is 0.935. The smallest absolute Gasteiger partial charge is 0.233 e. The maximum Gasteiger partial charge on any atom is 0.233 e. The predicted octanol–water partition coefficient (Wildman–Crippen LogP) is 1.26. The van der Waals surface area contributed by atoms with Crippen LogP contribution in [0.2, 0.25) is 0 Å². The molecule has 0 radical (unpaired) electrons. The van der Waals surface area contributed by atoms with E-state index in [1.165, 1.54) is 22.6 Å². The van der Waals surface area contributed by atoms with E-state index < -0.39 is 17.2 Å². The predicted molar refractivity (Wildman–Crippen MR) is 39.7 cm³/mol. The van der Waals surface area contributed by atoms with E-state index in [0.29, 0.717) is 6.20 Å². The fraction of sp³-hybridized carbons (Fsp3) is 0. The van der Waals surface area contributed by atoms with Gasteiger partial charge in [-0.25, -0.2) is 4.39 Å². The second-order valence-corrected chi connectivity index (χ2v) is 2.67. The van der Waals surface area contributed by atoms with Crippen molar-refractivity contribution in [2.45, 2.75) is 0 Å². The summed E-state index contributed by atoms with van der Waals surface area (Å²) in [4.78, 5) is 12.5. The number of halogens is 3. The number of hydrogen-bond acceptors (Lipinski definition) is 1. The van der Waals surface area contributed by atoms with E-state index in [1.807, 2.05) is 4.98 Å². The van der Waals surface area contributed by atoms with Gasteiger partial charge in [-0.15, -0.1) is 0 Å². The van der Waals surface area contributed by atoms with E-state index in [4.69, 9.17) is 0 Å². The summed E-state index contributed by atoms with van der Waals surface area (Å²) in [7, 11) is 0. The van der Waals surface area contributed by atoms with Gasteiger partial charge in [-0.3, -0.25) is 4.79 Å². The van der Waals surface area contributed by atoms with Crippen LogP contribution in [-0.4, -0.2) is 4.98 Å². The topological polar surface area (TPSA) is 32.9 Å². The van der Waals surface area contributed by atoms with Crippen molar-refractivity contribution in [1.29, 1.82) is 0 Å². The molecule has 0 aliphatic carbocycles. The van der Waals surface area contributed by atoms with Gasteiger partial charge in [0.05, 0.1) is 0 Å². The molecule has 0 aliphatic rings. The molecule has 54 valence electrons. The van der Waals surface area contributed by atoms with Gasteiger partial charge in [-0.1, -0.05) is 0 Å². The van der Waals surface area contributed by atoms with Crippen LogP contribution in [0.25, 0.3) is 0 Å². The summed E-state index contributed by atoms with van der Waals surface area (Å²) in [6, 6.07) is 0. The summed E-state index contributed by atoms with van der Waals surface area (Å²) in [6.07, 6.45) is 0.694. The zero-order chi connectivity index (χ0) is 7.72. The Bertz CT molecular complexity index is 309. The Kier molecular flexibility index (Phi) is 2.02. The summed E-state index contributed by atoms with van der Waals surface area (Å²) in [5, 5.41) is 0. The summed E-state index contributed by atoms with van der Waals surface area (Å²) in [6.45, 7) is 0. The highest BCUT2D eigenvalue weighted by molar-refractivity contribution is 14.1. The highest BCUT2D eigenvalue weighted by Gasteiger charge is 2.06. The molecule has 0 bridgehead atoms. The molecule has 0 spiro atoms. The number of H-pyrrole nitrogens is 1. The quantitative estimate of drug-likeness (QED) is 0.550. The standard InChI is InChI=1S/C5H2F2INO/c6-2-1-9-5(7)3(8)4(2)10/h1H,(H,9,10). The van der Waals surface area contributed by atoms with Crippen molar-refractivity contribution in [1.82, 2.24) is 4.98 Å². The molecule has 10 heavy (non-hydrogen) atoms. The van der Waals surface area contributed by atoms with Crippen LogP contribution in [0.15, 0.2) is 11.0 Å². The summed E-state index contributed by atoms with van der Waals surface area (Å²) in [5.41, 5.74) is -0.906. The zero-order valence-corrected chi connectivity index (χ0v) is 6.78. The fourth-order valence-electron chi connectivity index (χ4n) is 0.460. The van der Waals surface area contributed by atoms with Crippen molar-refractivity contribution in [2.24, 2.45) is 0 Å². The Balaban J connectivity index is 3.50. The lowest BCUT2D eigenvalue weighted by molar-refractivity contribution is 0.545. The van der Waals surface area contributed by atoms with Crippen molar-refractivity contribution in [3.63, 3.8) is 0 Å². The lowest BCUT2D eigenvalue weighted by Gasteiger charge is -1.91. The van der Waals surface area contributed by atoms with E-state index in [-0.39, 0.29) is 3.57 Å². The SMILES string of the molecule is O=c1c(F)c[nH]c(F)c1I. The highest BCUT2D eigenvalue weighted by Crippen LogP contribution is 2.01. The first-order valence-corrected chi connectivity index (χ1v) is 3.43. The third-order valence-corrected chi connectivity index (χ3v) is 1.90. The van der Waals surface area contributed by atoms with Crippen LogP contribution >= 0.6 is 22.6 Å². The number of hydrogen-bond donors (Lipinski definition) is 1. The van der Waals surface area contributed by atoms with Crippen LogP contribution in [0.3, 0.4) is 0 Å². The van der Waals surface area contributed by atoms with Crippen LogP contribution in [0.1, 0.15) is 0 Å². The summed E-state index contributed by atoms with van der Waals surface area (Å²) in [5.74, 6) is -1.77. The van der Waals surface area contributed by atoms with E-state index in [0.717, 1.165) is 0 Å². The summed E-state index contributed by atoms with van der Waals surface area (Å²) < 4.78 is 24.3. The molecule has 0 fully saturated rings. The number of aromatic amines is 1. The molecule has 1 heterocycles. The van der Waals surface area contributed by atoms with Crippen molar-refractivity contribution in [2.75, 3.05) is 0 Å². The van der Waals surface area contributed by atoms with Crippen LogP contribution in [0.4, 0.5) is 8.78 Å². The maximum absolute atomic E-state index is 12.3. The van der Waals surface area contributed by atoms with Gasteiger partial charge >= 0.3 is 0 Å². The highest BCUT2D eigenvalue weighted by atomic mass is 127. The Hall–Kier alpha value is -0.460. The largest absolute Gasteiger partial charge is 0.334 e. The molecule has 0 unspecified atom stereocenters. The van der Waals surface area contributed by atoms with Crippen LogP contribution in [0, 0.1) is 15.3 Å². The van der Waals surface area contributed by atoms with Gasteiger partial charge in [0.2, 0.25) is 11.4 Å². The molecule has 0 saturated carbocycles. The lowest BCUT2D eigenvalue weighted by Crippen LogP contribution is -2.13. The minimum atomic E-state index is -0.967. The van der Waals surface area contributed by atoms with Crippen molar-refractivity contribution >= 4 is 22.6 Å². The molecular weight excluding hydrogens is 255 g/mol. The first-order chi connectivity index (χ1) is 4.63. The van der Waals surface area contributed by atoms with Crippen molar-refractivity contribution in [3.05, 3.63) is 31.8 Å². The second-order valence-electron chi connectivity index (χ2n) is 1.59. The zero-order valence-electron chi connectivity index (χ0n) is 4.62. The van der Waals surface area contributed by atoms with E-state index in [2.05, 4.69) is 0 Å². The van der Waals surface area contributed by atoms with Crippen LogP contribution in [0.5, 0.6) is 0 Å². The molecule has 1 rings (SSSR count). The van der Waals surface area contributed by atoms with E-state index in [1.54, 1.807) is 0 Å². The van der Waals surface area contributed by atoms with Crippen LogP contribution < -0.4 is 5.43 Å². The first-order valence-electron chi connectivity index (χ1n) is 2.35. The molecule has 0 aromatic carbocycles. The fourth-order valence-corrected chi connectivity index (χ4v) is 0.873. The molecule has 1 aromatic rings. The van der Waals surface area contributed by atoms with Crippen molar-refractivity contribution < 1.29 is 8.78 Å². The van der Waals surface area contributed by atoms with Crippen molar-refractivity contribution in [3.8, 4) is 0 Å². The minimum Gasteiger partial charge on any atom is -0.334 e. The van der Waals surface area contributed by atoms with Gasteiger partial charge < -0.3 is 4.98 Å². The second kappa shape index (κ2) is 2.65. The number of aromatic nitrogens is 1. The maximum atomic E-state index is 12.3. The number of pyridine rings is 1. The average Bonchev–Trinajstić information content (AvgIpc) is 1.93. The Morgan fingerprint density at radius 3 is 2.60 bits per heavy atom. The normalized spacial score (nSPS) is 9.90. The van der Waals surface area contributed by atoms with E-state index >= 15 is 0 Å². The van der Waals surface area contributed by atoms with Gasteiger partial charge in [-0.05, 0) is 22.6 Å². The monoisotopic (exact) mass is 257 g/mol. The minimum absolute atomic E-state index is 0.252. The van der Waals surface area contributed by atoms with Gasteiger partial charge in [-0.2, -0.15) is 4.39 Å². The van der Waals surface area contributed by atoms with Crippen LogP contribution in [-0.2, 0) is 0 Å². The lowest BCUT2D eigenvalue weighted by atomic mass is 10.5. The molecule has 2 nitrogen and oxygen atoms in total. The van der Waals surface area contributed by atoms with Gasteiger partial charge in [0, 0.05) is 6.20 Å². The molecule has 0 amide bonds. The molecule has 0 aliphatic heterocycles. The third kappa shape index (κ3) is 1.18. The molecular formula is C5H2F2INO. The molecule has 1 aromatic heterocycles. The number of rotatable bonds is 0. The molecule has 0 saturated heterocycles. The molecule has 5 heteroatoms. The average molecular weight is 257 g/mol. The van der Waals surface area contributed by atoms with E-state index in [9.17, 15) is 13.6 Å². The van der Waals surface area contributed by atoms with Gasteiger partial charge in [0.15, 0.2) is 5.82 Å². The Morgan fingerprint density at radius 2 is 2.10 bits per heavy atom.